The van der Waals surface area contributed by atoms with Gasteiger partial charge in [0.1, 0.15) is 0 Å². The molecule has 0 amide bonds. The molecule has 0 fully saturated rings. The maximum atomic E-state index is 5.56. The van der Waals surface area contributed by atoms with Crippen molar-refractivity contribution < 1.29 is 4.74 Å². The highest BCUT2D eigenvalue weighted by atomic mass is 32.1. The molecule has 0 radical (unpaired) electrons. The Morgan fingerprint density at radius 2 is 2.38 bits per heavy atom. The number of nitrogens with zero attached hydrogens (tertiary/aromatic N) is 1. The van der Waals surface area contributed by atoms with Gasteiger partial charge in [-0.05, 0) is 19.3 Å². The number of hydrogen-bond donors (Lipinski definition) is 2. The molecule has 0 aromatic carbocycles. The van der Waals surface area contributed by atoms with Crippen LogP contribution >= 0.6 is 11.3 Å². The zero-order valence-corrected chi connectivity index (χ0v) is 11.0. The summed E-state index contributed by atoms with van der Waals surface area (Å²) in [5.41, 5.74) is 3.94. The smallest absolute Gasteiger partial charge is 0.0944 e. The van der Waals surface area contributed by atoms with Crippen molar-refractivity contribution in [2.24, 2.45) is 11.8 Å². The van der Waals surface area contributed by atoms with Crippen molar-refractivity contribution >= 4 is 11.3 Å². The van der Waals surface area contributed by atoms with E-state index in [2.05, 4.69) is 22.7 Å². The van der Waals surface area contributed by atoms with Crippen molar-refractivity contribution in [1.29, 1.82) is 0 Å². The summed E-state index contributed by atoms with van der Waals surface area (Å²) in [5, 5.41) is 3.21. The molecule has 0 spiro atoms. The van der Waals surface area contributed by atoms with E-state index in [1.807, 2.05) is 6.92 Å². The molecule has 92 valence electrons. The minimum Gasteiger partial charge on any atom is -0.384 e. The number of methoxy groups -OCH3 is 1. The maximum absolute atomic E-state index is 5.56. The maximum Gasteiger partial charge on any atom is 0.0944 e. The molecular weight excluding hydrogens is 222 g/mol. The van der Waals surface area contributed by atoms with E-state index in [-0.39, 0.29) is 6.04 Å². The third-order valence-electron chi connectivity index (χ3n) is 2.46. The summed E-state index contributed by atoms with van der Waals surface area (Å²) in [7, 11) is 1.73. The first-order chi connectivity index (χ1) is 7.65. The Bertz CT molecular complexity index is 303. The Balaban J connectivity index is 2.42. The summed E-state index contributed by atoms with van der Waals surface area (Å²) in [5.74, 6) is 6.06. The average Bonchev–Trinajstić information content (AvgIpc) is 2.63. The van der Waals surface area contributed by atoms with Crippen molar-refractivity contribution in [3.8, 4) is 0 Å². The van der Waals surface area contributed by atoms with Gasteiger partial charge < -0.3 is 4.74 Å². The summed E-state index contributed by atoms with van der Waals surface area (Å²) >= 11 is 1.70. The Morgan fingerprint density at radius 1 is 1.62 bits per heavy atom. The van der Waals surface area contributed by atoms with Crippen molar-refractivity contribution in [3.63, 3.8) is 0 Å². The second-order valence-electron chi connectivity index (χ2n) is 4.25. The summed E-state index contributed by atoms with van der Waals surface area (Å²) < 4.78 is 5.12. The van der Waals surface area contributed by atoms with Gasteiger partial charge in [-0.15, -0.1) is 11.3 Å². The number of hydrogen-bond acceptors (Lipinski definition) is 5. The van der Waals surface area contributed by atoms with E-state index < -0.39 is 0 Å². The van der Waals surface area contributed by atoms with Gasteiger partial charge in [-0.3, -0.25) is 11.3 Å². The second kappa shape index (κ2) is 6.96. The molecule has 1 rings (SSSR count). The number of nitrogens with one attached hydrogen (secondary N) is 1. The van der Waals surface area contributed by atoms with E-state index in [4.69, 9.17) is 10.6 Å². The lowest BCUT2D eigenvalue weighted by molar-refractivity contribution is 0.149. The van der Waals surface area contributed by atoms with Crippen molar-refractivity contribution in [2.75, 3.05) is 13.7 Å². The molecule has 3 N–H and O–H groups in total. The van der Waals surface area contributed by atoms with Crippen LogP contribution in [0.1, 0.15) is 24.0 Å². The molecule has 0 saturated heterocycles. The van der Waals surface area contributed by atoms with Gasteiger partial charge in [-0.2, -0.15) is 0 Å². The molecule has 2 unspecified atom stereocenters. The summed E-state index contributed by atoms with van der Waals surface area (Å²) in [6, 6.07) is 0.274. The third-order valence-corrected chi connectivity index (χ3v) is 3.45. The minimum absolute atomic E-state index is 0.274. The number of aryl methyl sites for hydroxylation is 1. The fraction of sp³-hybridized carbons (Fsp3) is 0.727. The highest BCUT2D eigenvalue weighted by Gasteiger charge is 2.14. The molecule has 16 heavy (non-hydrogen) atoms. The quantitative estimate of drug-likeness (QED) is 0.563. The first-order valence-electron chi connectivity index (χ1n) is 5.51. The van der Waals surface area contributed by atoms with Crippen molar-refractivity contribution in [2.45, 2.75) is 32.7 Å². The predicted molar refractivity (Wildman–Crippen MR) is 67.3 cm³/mol. The van der Waals surface area contributed by atoms with Crippen LogP contribution in [-0.4, -0.2) is 24.7 Å². The fourth-order valence-corrected chi connectivity index (χ4v) is 2.61. The van der Waals surface area contributed by atoms with Gasteiger partial charge in [0, 0.05) is 37.3 Å². The molecule has 2 atom stereocenters. The first kappa shape index (κ1) is 13.6. The Hall–Kier alpha value is -0.490. The molecule has 0 saturated carbocycles. The normalized spacial score (nSPS) is 15.0. The number of aromatic nitrogens is 1. The van der Waals surface area contributed by atoms with Crippen molar-refractivity contribution in [1.82, 2.24) is 10.4 Å². The lowest BCUT2D eigenvalue weighted by Crippen LogP contribution is -2.38. The monoisotopic (exact) mass is 243 g/mol. The zero-order chi connectivity index (χ0) is 12.0. The average molecular weight is 243 g/mol. The highest BCUT2D eigenvalue weighted by Crippen LogP contribution is 2.14. The lowest BCUT2D eigenvalue weighted by atomic mass is 10.0. The summed E-state index contributed by atoms with van der Waals surface area (Å²) in [6.45, 7) is 4.95. The van der Waals surface area contributed by atoms with E-state index in [0.717, 1.165) is 30.2 Å². The van der Waals surface area contributed by atoms with Crippen LogP contribution in [0.25, 0.3) is 0 Å². The number of hydrazine groups is 1. The molecule has 1 aromatic heterocycles. The van der Waals surface area contributed by atoms with E-state index in [9.17, 15) is 0 Å². The summed E-state index contributed by atoms with van der Waals surface area (Å²) in [4.78, 5) is 4.44. The van der Waals surface area contributed by atoms with Crippen molar-refractivity contribution in [3.05, 3.63) is 16.1 Å². The van der Waals surface area contributed by atoms with Gasteiger partial charge in [0.05, 0.1) is 5.01 Å². The zero-order valence-electron chi connectivity index (χ0n) is 10.2. The van der Waals surface area contributed by atoms with Gasteiger partial charge in [0.2, 0.25) is 0 Å². The SMILES string of the molecule is COCC(C)CC(Cc1nc(C)cs1)NN. The predicted octanol–water partition coefficient (Wildman–Crippen LogP) is 1.50. The van der Waals surface area contributed by atoms with Gasteiger partial charge >= 0.3 is 0 Å². The second-order valence-corrected chi connectivity index (χ2v) is 5.19. The van der Waals surface area contributed by atoms with Crippen LogP contribution in [0, 0.1) is 12.8 Å². The Kier molecular flexibility index (Phi) is 5.90. The number of nitrogens with two attached hydrogens (primary N) is 1. The Morgan fingerprint density at radius 3 is 2.88 bits per heavy atom. The molecule has 5 heteroatoms. The topological polar surface area (TPSA) is 60.2 Å². The van der Waals surface area contributed by atoms with Crippen LogP contribution in [0.2, 0.25) is 0 Å². The largest absolute Gasteiger partial charge is 0.384 e. The molecule has 4 nitrogen and oxygen atoms in total. The van der Waals surface area contributed by atoms with Crippen LogP contribution in [0.4, 0.5) is 0 Å². The van der Waals surface area contributed by atoms with Crippen LogP contribution in [0.15, 0.2) is 5.38 Å². The van der Waals surface area contributed by atoms with E-state index in [0.29, 0.717) is 5.92 Å². The Labute approximate surface area is 101 Å². The molecular formula is C11H21N3OS. The number of rotatable bonds is 7. The van der Waals surface area contributed by atoms with E-state index in [1.54, 1.807) is 18.4 Å². The number of ether oxygens (including phenoxy) is 1. The molecule has 0 aliphatic rings. The van der Waals surface area contributed by atoms with Gasteiger partial charge in [-0.25, -0.2) is 4.98 Å². The standard InChI is InChI=1S/C11H21N3OS/c1-8(6-15-3)4-10(14-12)5-11-13-9(2)7-16-11/h7-8,10,14H,4-6,12H2,1-3H3. The molecule has 1 aromatic rings. The van der Waals surface area contributed by atoms with Crippen LogP contribution in [-0.2, 0) is 11.2 Å². The summed E-state index contributed by atoms with van der Waals surface area (Å²) in [6.07, 6.45) is 1.89. The third kappa shape index (κ3) is 4.57. The fourth-order valence-electron chi connectivity index (χ4n) is 1.76. The van der Waals surface area contributed by atoms with Crippen LogP contribution in [0.5, 0.6) is 0 Å². The van der Waals surface area contributed by atoms with Crippen LogP contribution < -0.4 is 11.3 Å². The number of thiazole rings is 1. The van der Waals surface area contributed by atoms with E-state index in [1.165, 1.54) is 0 Å². The molecule has 0 aliphatic heterocycles. The molecule has 0 bridgehead atoms. The van der Waals surface area contributed by atoms with E-state index >= 15 is 0 Å². The lowest BCUT2D eigenvalue weighted by Gasteiger charge is -2.18. The highest BCUT2D eigenvalue weighted by molar-refractivity contribution is 7.09. The van der Waals surface area contributed by atoms with Gasteiger partial charge in [0.25, 0.3) is 0 Å². The first-order valence-corrected chi connectivity index (χ1v) is 6.39. The van der Waals surface area contributed by atoms with Gasteiger partial charge in [-0.1, -0.05) is 6.92 Å². The van der Waals surface area contributed by atoms with Gasteiger partial charge in [0.15, 0.2) is 0 Å². The molecule has 0 aliphatic carbocycles. The molecule has 1 heterocycles. The minimum atomic E-state index is 0.274. The van der Waals surface area contributed by atoms with Crippen LogP contribution in [0.3, 0.4) is 0 Å².